The number of ketones is 1. The van der Waals surface area contributed by atoms with Gasteiger partial charge < -0.3 is 0 Å². The Morgan fingerprint density at radius 2 is 1.52 bits per heavy atom. The summed E-state index contributed by atoms with van der Waals surface area (Å²) in [5, 5.41) is 2.40. The number of benzene rings is 2. The standard InChI is InChI=1S/C20H26O/c1-3-4-5-6-7-8-9-17-10-11-20-15-18(16(2)21)12-13-19(20)14-17/h10-15H,3-9H2,1-2H3. The lowest BCUT2D eigenvalue weighted by molar-refractivity contribution is 0.101. The van der Waals surface area contributed by atoms with Crippen molar-refractivity contribution in [3.63, 3.8) is 0 Å². The van der Waals surface area contributed by atoms with Crippen molar-refractivity contribution in [3.05, 3.63) is 47.5 Å². The Bertz CT molecular complexity index is 598. The van der Waals surface area contributed by atoms with Gasteiger partial charge in [-0.25, -0.2) is 0 Å². The van der Waals surface area contributed by atoms with Crippen molar-refractivity contribution in [2.45, 2.75) is 58.8 Å². The van der Waals surface area contributed by atoms with Gasteiger partial charge in [0.15, 0.2) is 5.78 Å². The Kier molecular flexibility index (Phi) is 5.98. The summed E-state index contributed by atoms with van der Waals surface area (Å²) < 4.78 is 0. The zero-order valence-electron chi connectivity index (χ0n) is 13.3. The van der Waals surface area contributed by atoms with Crippen LogP contribution in [0.4, 0.5) is 0 Å². The molecule has 21 heavy (non-hydrogen) atoms. The molecule has 0 radical (unpaired) electrons. The highest BCUT2D eigenvalue weighted by Crippen LogP contribution is 2.20. The van der Waals surface area contributed by atoms with Gasteiger partial charge in [0, 0.05) is 5.56 Å². The summed E-state index contributed by atoms with van der Waals surface area (Å²) in [4.78, 5) is 11.4. The van der Waals surface area contributed by atoms with Crippen LogP contribution in [0.25, 0.3) is 10.8 Å². The first-order valence-electron chi connectivity index (χ1n) is 8.24. The van der Waals surface area contributed by atoms with Crippen molar-refractivity contribution in [3.8, 4) is 0 Å². The zero-order valence-corrected chi connectivity index (χ0v) is 13.3. The molecule has 0 saturated heterocycles. The molecule has 0 spiro atoms. The fourth-order valence-corrected chi connectivity index (χ4v) is 2.78. The number of hydrogen-bond donors (Lipinski definition) is 0. The summed E-state index contributed by atoms with van der Waals surface area (Å²) in [5.41, 5.74) is 2.21. The van der Waals surface area contributed by atoms with Crippen molar-refractivity contribution in [1.29, 1.82) is 0 Å². The minimum absolute atomic E-state index is 0.132. The van der Waals surface area contributed by atoms with E-state index in [0.29, 0.717) is 0 Å². The number of carbonyl (C=O) groups is 1. The molecule has 0 amide bonds. The molecule has 1 heteroatoms. The van der Waals surface area contributed by atoms with Crippen LogP contribution in [0.15, 0.2) is 36.4 Å². The van der Waals surface area contributed by atoms with Crippen molar-refractivity contribution < 1.29 is 4.79 Å². The fourth-order valence-electron chi connectivity index (χ4n) is 2.78. The van der Waals surface area contributed by atoms with E-state index < -0.39 is 0 Å². The summed E-state index contributed by atoms with van der Waals surface area (Å²) >= 11 is 0. The fraction of sp³-hybridized carbons (Fsp3) is 0.450. The highest BCUT2D eigenvalue weighted by molar-refractivity contribution is 5.98. The third kappa shape index (κ3) is 4.70. The SMILES string of the molecule is CCCCCCCCc1ccc2cc(C(C)=O)ccc2c1. The van der Waals surface area contributed by atoms with Crippen LogP contribution >= 0.6 is 0 Å². The third-order valence-electron chi connectivity index (χ3n) is 4.13. The average Bonchev–Trinajstić information content (AvgIpc) is 2.50. The maximum Gasteiger partial charge on any atom is 0.159 e. The highest BCUT2D eigenvalue weighted by atomic mass is 16.1. The van der Waals surface area contributed by atoms with Gasteiger partial charge >= 0.3 is 0 Å². The van der Waals surface area contributed by atoms with E-state index in [4.69, 9.17) is 0 Å². The van der Waals surface area contributed by atoms with Gasteiger partial charge in [0.25, 0.3) is 0 Å². The average molecular weight is 282 g/mol. The van der Waals surface area contributed by atoms with Gasteiger partial charge in [-0.3, -0.25) is 4.79 Å². The molecule has 0 aliphatic carbocycles. The number of rotatable bonds is 8. The quantitative estimate of drug-likeness (QED) is 0.432. The van der Waals surface area contributed by atoms with Crippen molar-refractivity contribution in [2.75, 3.05) is 0 Å². The molecule has 0 atom stereocenters. The maximum atomic E-state index is 11.4. The van der Waals surface area contributed by atoms with E-state index in [0.717, 1.165) is 17.4 Å². The molecule has 2 rings (SSSR count). The van der Waals surface area contributed by atoms with E-state index in [2.05, 4.69) is 31.2 Å². The Balaban J connectivity index is 1.93. The van der Waals surface area contributed by atoms with Gasteiger partial charge in [-0.2, -0.15) is 0 Å². The van der Waals surface area contributed by atoms with Gasteiger partial charge in [0.1, 0.15) is 0 Å². The first-order chi connectivity index (χ1) is 10.2. The predicted octanol–water partition coefficient (Wildman–Crippen LogP) is 5.95. The number of unbranched alkanes of at least 4 members (excludes halogenated alkanes) is 5. The Labute approximate surface area is 128 Å². The second kappa shape index (κ2) is 7.97. The van der Waals surface area contributed by atoms with E-state index >= 15 is 0 Å². The van der Waals surface area contributed by atoms with Gasteiger partial charge in [-0.1, -0.05) is 69.4 Å². The largest absolute Gasteiger partial charge is 0.295 e. The van der Waals surface area contributed by atoms with E-state index in [1.54, 1.807) is 6.92 Å². The van der Waals surface area contributed by atoms with Crippen LogP contribution < -0.4 is 0 Å². The predicted molar refractivity (Wildman–Crippen MR) is 91.0 cm³/mol. The highest BCUT2D eigenvalue weighted by Gasteiger charge is 2.02. The first kappa shape index (κ1) is 15.8. The van der Waals surface area contributed by atoms with E-state index in [1.807, 2.05) is 12.1 Å². The van der Waals surface area contributed by atoms with E-state index in [1.165, 1.54) is 49.5 Å². The van der Waals surface area contributed by atoms with Gasteiger partial charge in [0.05, 0.1) is 0 Å². The molecule has 112 valence electrons. The monoisotopic (exact) mass is 282 g/mol. The summed E-state index contributed by atoms with van der Waals surface area (Å²) in [6.07, 6.45) is 9.20. The molecule has 1 nitrogen and oxygen atoms in total. The number of carbonyl (C=O) groups excluding carboxylic acids is 1. The van der Waals surface area contributed by atoms with E-state index in [9.17, 15) is 4.79 Å². The Morgan fingerprint density at radius 3 is 2.29 bits per heavy atom. The van der Waals surface area contributed by atoms with Crippen LogP contribution in [0.5, 0.6) is 0 Å². The number of fused-ring (bicyclic) bond motifs is 1. The molecular formula is C20H26O. The molecule has 2 aromatic carbocycles. The van der Waals surface area contributed by atoms with Gasteiger partial charge in [0.2, 0.25) is 0 Å². The molecular weight excluding hydrogens is 256 g/mol. The summed E-state index contributed by atoms with van der Waals surface area (Å²) in [6.45, 7) is 3.88. The molecule has 0 heterocycles. The lowest BCUT2D eigenvalue weighted by atomic mass is 10.00. The molecule has 0 aromatic heterocycles. The molecule has 0 aliphatic heterocycles. The minimum atomic E-state index is 0.132. The summed E-state index contributed by atoms with van der Waals surface area (Å²) in [6, 6.07) is 12.6. The molecule has 0 N–H and O–H groups in total. The van der Waals surface area contributed by atoms with Crippen LogP contribution in [-0.2, 0) is 6.42 Å². The number of aryl methyl sites for hydroxylation is 1. The van der Waals surface area contributed by atoms with Crippen LogP contribution in [-0.4, -0.2) is 5.78 Å². The van der Waals surface area contributed by atoms with Crippen molar-refractivity contribution >= 4 is 16.6 Å². The number of hydrogen-bond acceptors (Lipinski definition) is 1. The first-order valence-corrected chi connectivity index (χ1v) is 8.24. The lowest BCUT2D eigenvalue weighted by Crippen LogP contribution is -1.92. The minimum Gasteiger partial charge on any atom is -0.295 e. The summed E-state index contributed by atoms with van der Waals surface area (Å²) in [5.74, 6) is 0.132. The van der Waals surface area contributed by atoms with Crippen LogP contribution in [0, 0.1) is 0 Å². The third-order valence-corrected chi connectivity index (χ3v) is 4.13. The van der Waals surface area contributed by atoms with E-state index in [-0.39, 0.29) is 5.78 Å². The zero-order chi connectivity index (χ0) is 15.1. The van der Waals surface area contributed by atoms with Crippen LogP contribution in [0.2, 0.25) is 0 Å². The van der Waals surface area contributed by atoms with Crippen molar-refractivity contribution in [2.24, 2.45) is 0 Å². The Hall–Kier alpha value is -1.63. The summed E-state index contributed by atoms with van der Waals surface area (Å²) in [7, 11) is 0. The van der Waals surface area contributed by atoms with Gasteiger partial charge in [-0.15, -0.1) is 0 Å². The second-order valence-electron chi connectivity index (χ2n) is 5.97. The second-order valence-corrected chi connectivity index (χ2v) is 5.97. The van der Waals surface area contributed by atoms with Gasteiger partial charge in [-0.05, 0) is 42.2 Å². The normalized spacial score (nSPS) is 11.0. The van der Waals surface area contributed by atoms with Crippen LogP contribution in [0.1, 0.15) is 68.3 Å². The lowest BCUT2D eigenvalue weighted by Gasteiger charge is -2.05. The number of Topliss-reactive ketones (excluding diaryl/α,β-unsaturated/α-hetero) is 1. The molecule has 0 fully saturated rings. The molecule has 2 aromatic rings. The molecule has 0 saturated carbocycles. The van der Waals surface area contributed by atoms with Crippen molar-refractivity contribution in [1.82, 2.24) is 0 Å². The van der Waals surface area contributed by atoms with Crippen LogP contribution in [0.3, 0.4) is 0 Å². The topological polar surface area (TPSA) is 17.1 Å². The Morgan fingerprint density at radius 1 is 0.857 bits per heavy atom. The molecule has 0 unspecified atom stereocenters. The molecule has 0 bridgehead atoms. The molecule has 0 aliphatic rings. The maximum absolute atomic E-state index is 11.4. The smallest absolute Gasteiger partial charge is 0.159 e.